The van der Waals surface area contributed by atoms with Gasteiger partial charge in [-0.3, -0.25) is 9.59 Å². The predicted octanol–water partition coefficient (Wildman–Crippen LogP) is 2.55. The molecule has 1 aromatic rings. The molecule has 3 nitrogen and oxygen atoms in total. The number of benzene rings is 1. The minimum Gasteiger partial charge on any atom is -0.376 e. The average molecular weight is 256 g/mol. The molecular formula is C16H16O3. The highest BCUT2D eigenvalue weighted by Crippen LogP contribution is 2.35. The highest BCUT2D eigenvalue weighted by atomic mass is 16.3. The summed E-state index contributed by atoms with van der Waals surface area (Å²) in [6.07, 6.45) is 3.37. The van der Waals surface area contributed by atoms with E-state index in [1.165, 1.54) is 6.08 Å². The van der Waals surface area contributed by atoms with Crippen LogP contribution in [0.2, 0.25) is 0 Å². The van der Waals surface area contributed by atoms with Crippen molar-refractivity contribution < 1.29 is 14.7 Å². The number of carbonyl (C=O) groups is 2. The molecule has 2 rings (SSSR count). The van der Waals surface area contributed by atoms with Gasteiger partial charge in [-0.25, -0.2) is 0 Å². The Morgan fingerprint density at radius 1 is 1.42 bits per heavy atom. The van der Waals surface area contributed by atoms with E-state index in [0.717, 1.165) is 0 Å². The van der Waals surface area contributed by atoms with Crippen LogP contribution in [0.5, 0.6) is 0 Å². The average Bonchev–Trinajstić information content (AvgIpc) is 2.42. The third kappa shape index (κ3) is 2.06. The summed E-state index contributed by atoms with van der Waals surface area (Å²) >= 11 is 0. The Morgan fingerprint density at radius 2 is 2.11 bits per heavy atom. The second-order valence-corrected chi connectivity index (χ2v) is 4.60. The number of Topliss-reactive ketones (excluding diaryl/α,β-unsaturated/α-hetero) is 2. The van der Waals surface area contributed by atoms with Crippen LogP contribution in [0.15, 0.2) is 42.5 Å². The van der Waals surface area contributed by atoms with Crippen LogP contribution >= 0.6 is 0 Å². The largest absolute Gasteiger partial charge is 0.376 e. The van der Waals surface area contributed by atoms with Crippen LogP contribution in [-0.2, 0) is 4.79 Å². The fourth-order valence-corrected chi connectivity index (χ4v) is 2.36. The lowest BCUT2D eigenvalue weighted by Crippen LogP contribution is -2.45. The molecule has 0 spiro atoms. The van der Waals surface area contributed by atoms with Crippen molar-refractivity contribution >= 4 is 17.6 Å². The highest BCUT2D eigenvalue weighted by molar-refractivity contribution is 6.18. The molecule has 0 heterocycles. The molecule has 3 heteroatoms. The molecular weight excluding hydrogens is 240 g/mol. The topological polar surface area (TPSA) is 54.4 Å². The van der Waals surface area contributed by atoms with Crippen molar-refractivity contribution in [1.82, 2.24) is 0 Å². The Labute approximate surface area is 112 Å². The lowest BCUT2D eigenvalue weighted by atomic mass is 9.75. The Morgan fingerprint density at radius 3 is 2.74 bits per heavy atom. The van der Waals surface area contributed by atoms with E-state index in [9.17, 15) is 14.7 Å². The number of hydrogen-bond acceptors (Lipinski definition) is 3. The fourth-order valence-electron chi connectivity index (χ4n) is 2.36. The summed E-state index contributed by atoms with van der Waals surface area (Å²) in [6, 6.07) is 6.97. The van der Waals surface area contributed by atoms with E-state index in [2.05, 4.69) is 6.58 Å². The molecule has 0 bridgehead atoms. The van der Waals surface area contributed by atoms with E-state index in [-0.39, 0.29) is 24.2 Å². The number of hydrogen-bond donors (Lipinski definition) is 1. The lowest BCUT2D eigenvalue weighted by molar-refractivity contribution is -0.116. The first-order valence-electron chi connectivity index (χ1n) is 6.27. The molecule has 1 unspecified atom stereocenters. The van der Waals surface area contributed by atoms with E-state index in [1.54, 1.807) is 37.3 Å². The molecule has 98 valence electrons. The number of fused-ring (bicyclic) bond motifs is 1. The van der Waals surface area contributed by atoms with E-state index in [4.69, 9.17) is 0 Å². The Bertz CT molecular complexity index is 583. The van der Waals surface area contributed by atoms with Gasteiger partial charge in [-0.1, -0.05) is 37.3 Å². The van der Waals surface area contributed by atoms with Crippen molar-refractivity contribution in [2.75, 3.05) is 0 Å². The summed E-state index contributed by atoms with van der Waals surface area (Å²) < 4.78 is 0. The maximum atomic E-state index is 12.5. The van der Waals surface area contributed by atoms with Gasteiger partial charge in [0.15, 0.2) is 17.2 Å². The second-order valence-electron chi connectivity index (χ2n) is 4.60. The molecule has 1 aromatic carbocycles. The monoisotopic (exact) mass is 256 g/mol. The SMILES string of the molecule is C=CCC1(O)C(=O)c2ccccc2C=C1C(=O)CC. The lowest BCUT2D eigenvalue weighted by Gasteiger charge is -2.31. The first-order chi connectivity index (χ1) is 9.04. The van der Waals surface area contributed by atoms with Crippen LogP contribution in [0.4, 0.5) is 0 Å². The van der Waals surface area contributed by atoms with E-state index < -0.39 is 11.4 Å². The second kappa shape index (κ2) is 4.94. The molecule has 0 radical (unpaired) electrons. The first kappa shape index (κ1) is 13.4. The summed E-state index contributed by atoms with van der Waals surface area (Å²) in [5.74, 6) is -0.644. The van der Waals surface area contributed by atoms with Gasteiger partial charge in [0.05, 0.1) is 0 Å². The Hall–Kier alpha value is -2.00. The molecule has 0 amide bonds. The van der Waals surface area contributed by atoms with Crippen molar-refractivity contribution in [2.24, 2.45) is 0 Å². The Balaban J connectivity index is 2.66. The van der Waals surface area contributed by atoms with Crippen molar-refractivity contribution in [2.45, 2.75) is 25.4 Å². The van der Waals surface area contributed by atoms with E-state index in [0.29, 0.717) is 11.1 Å². The van der Waals surface area contributed by atoms with Crippen LogP contribution in [-0.4, -0.2) is 22.3 Å². The van der Waals surface area contributed by atoms with Crippen LogP contribution in [0, 0.1) is 0 Å². The summed E-state index contributed by atoms with van der Waals surface area (Å²) in [7, 11) is 0. The highest BCUT2D eigenvalue weighted by Gasteiger charge is 2.44. The Kier molecular flexibility index (Phi) is 3.49. The maximum absolute atomic E-state index is 12.5. The van der Waals surface area contributed by atoms with E-state index in [1.807, 2.05) is 0 Å². The standard InChI is InChI=1S/C16H16O3/c1-3-9-16(19)13(14(17)4-2)10-11-7-5-6-8-12(11)15(16)18/h3,5-8,10,19H,1,4,9H2,2H3. The number of ketones is 2. The molecule has 0 saturated heterocycles. The van der Waals surface area contributed by atoms with E-state index >= 15 is 0 Å². The molecule has 0 aliphatic heterocycles. The van der Waals surface area contributed by atoms with Gasteiger partial charge in [-0.15, -0.1) is 6.58 Å². The zero-order valence-electron chi connectivity index (χ0n) is 10.8. The molecule has 0 saturated carbocycles. The van der Waals surface area contributed by atoms with Gasteiger partial charge in [-0.2, -0.15) is 0 Å². The summed E-state index contributed by atoms with van der Waals surface area (Å²) in [4.78, 5) is 24.5. The number of aliphatic hydroxyl groups is 1. The van der Waals surface area contributed by atoms with Gasteiger partial charge in [0.2, 0.25) is 0 Å². The first-order valence-corrected chi connectivity index (χ1v) is 6.27. The number of rotatable bonds is 4. The summed E-state index contributed by atoms with van der Waals surface area (Å²) in [5, 5.41) is 10.6. The number of carbonyl (C=O) groups excluding carboxylic acids is 2. The molecule has 19 heavy (non-hydrogen) atoms. The third-order valence-electron chi connectivity index (χ3n) is 3.39. The quantitative estimate of drug-likeness (QED) is 0.842. The smallest absolute Gasteiger partial charge is 0.199 e. The van der Waals surface area contributed by atoms with Gasteiger partial charge in [0.25, 0.3) is 0 Å². The molecule has 1 atom stereocenters. The van der Waals surface area contributed by atoms with Crippen LogP contribution in [0.3, 0.4) is 0 Å². The molecule has 1 N–H and O–H groups in total. The summed E-state index contributed by atoms with van der Waals surface area (Å²) in [6.45, 7) is 5.27. The van der Waals surface area contributed by atoms with Gasteiger partial charge in [0, 0.05) is 24.0 Å². The molecule has 1 aliphatic carbocycles. The molecule has 1 aliphatic rings. The van der Waals surface area contributed by atoms with Crippen LogP contribution in [0.1, 0.15) is 35.7 Å². The minimum absolute atomic E-state index is 0.0394. The van der Waals surface area contributed by atoms with Crippen LogP contribution < -0.4 is 0 Å². The van der Waals surface area contributed by atoms with Crippen LogP contribution in [0.25, 0.3) is 6.08 Å². The third-order valence-corrected chi connectivity index (χ3v) is 3.39. The summed E-state index contributed by atoms with van der Waals surface area (Å²) in [5.41, 5.74) is -0.487. The van der Waals surface area contributed by atoms with Crippen molar-refractivity contribution in [3.05, 3.63) is 53.6 Å². The minimum atomic E-state index is -1.77. The van der Waals surface area contributed by atoms with Crippen molar-refractivity contribution in [3.63, 3.8) is 0 Å². The van der Waals surface area contributed by atoms with Crippen molar-refractivity contribution in [1.29, 1.82) is 0 Å². The van der Waals surface area contributed by atoms with Crippen molar-refractivity contribution in [3.8, 4) is 0 Å². The zero-order valence-corrected chi connectivity index (χ0v) is 10.8. The maximum Gasteiger partial charge on any atom is 0.199 e. The predicted molar refractivity (Wildman–Crippen MR) is 73.8 cm³/mol. The van der Waals surface area contributed by atoms with Gasteiger partial charge < -0.3 is 5.11 Å². The fraction of sp³-hybridized carbons (Fsp3) is 0.250. The normalized spacial score (nSPS) is 21.6. The molecule has 0 aromatic heterocycles. The van der Waals surface area contributed by atoms with Gasteiger partial charge in [0.1, 0.15) is 0 Å². The zero-order chi connectivity index (χ0) is 14.0. The molecule has 0 fully saturated rings. The van der Waals surface area contributed by atoms with Gasteiger partial charge >= 0.3 is 0 Å². The van der Waals surface area contributed by atoms with Gasteiger partial charge in [-0.05, 0) is 11.6 Å².